The van der Waals surface area contributed by atoms with Crippen molar-refractivity contribution in [2.75, 3.05) is 0 Å². The van der Waals surface area contributed by atoms with Gasteiger partial charge in [0.05, 0.1) is 10.6 Å². The zero-order chi connectivity index (χ0) is 15.0. The lowest BCUT2D eigenvalue weighted by atomic mass is 10.0. The average molecular weight is 301 g/mol. The summed E-state index contributed by atoms with van der Waals surface area (Å²) in [6.45, 7) is 1.79. The van der Waals surface area contributed by atoms with E-state index in [-0.39, 0.29) is 0 Å². The molecule has 0 radical (unpaired) electrons. The normalized spacial score (nSPS) is 11.0. The SMILES string of the molecule is Cc1c(C(=O)O)ccnc1Cc1ccc2[nH]cc(Cl)c2c1. The molecule has 1 aromatic carbocycles. The first-order valence-electron chi connectivity index (χ1n) is 6.49. The predicted molar refractivity (Wildman–Crippen MR) is 82.0 cm³/mol. The van der Waals surface area contributed by atoms with Gasteiger partial charge < -0.3 is 10.1 Å². The standard InChI is InChI=1S/C16H13ClN2O2/c1-9-11(16(20)21)4-5-18-15(9)7-10-2-3-14-12(6-10)13(17)8-19-14/h2-6,8,19H,7H2,1H3,(H,20,21). The number of nitrogens with one attached hydrogen (secondary N) is 1. The molecule has 4 nitrogen and oxygen atoms in total. The Morgan fingerprint density at radius 1 is 1.38 bits per heavy atom. The van der Waals surface area contributed by atoms with Gasteiger partial charge in [-0.25, -0.2) is 4.79 Å². The highest BCUT2D eigenvalue weighted by atomic mass is 35.5. The van der Waals surface area contributed by atoms with Crippen LogP contribution in [0.1, 0.15) is 27.2 Å². The van der Waals surface area contributed by atoms with E-state index in [1.807, 2.05) is 18.2 Å². The van der Waals surface area contributed by atoms with Crippen molar-refractivity contribution in [3.8, 4) is 0 Å². The van der Waals surface area contributed by atoms with Gasteiger partial charge in [0, 0.05) is 35.4 Å². The quantitative estimate of drug-likeness (QED) is 0.773. The Kier molecular flexibility index (Phi) is 3.39. The zero-order valence-electron chi connectivity index (χ0n) is 11.4. The van der Waals surface area contributed by atoms with Crippen LogP contribution in [0.2, 0.25) is 5.02 Å². The van der Waals surface area contributed by atoms with E-state index in [0.717, 1.165) is 22.2 Å². The number of nitrogens with zero attached hydrogens (tertiary/aromatic N) is 1. The van der Waals surface area contributed by atoms with E-state index in [0.29, 0.717) is 22.6 Å². The van der Waals surface area contributed by atoms with Crippen molar-refractivity contribution in [1.29, 1.82) is 0 Å². The first-order chi connectivity index (χ1) is 10.1. The topological polar surface area (TPSA) is 66.0 Å². The summed E-state index contributed by atoms with van der Waals surface area (Å²) in [6, 6.07) is 7.48. The molecule has 0 amide bonds. The van der Waals surface area contributed by atoms with E-state index in [1.54, 1.807) is 13.1 Å². The van der Waals surface area contributed by atoms with Crippen LogP contribution in [0.4, 0.5) is 0 Å². The molecule has 0 saturated carbocycles. The lowest BCUT2D eigenvalue weighted by molar-refractivity contribution is 0.0696. The van der Waals surface area contributed by atoms with Crippen LogP contribution in [-0.2, 0) is 6.42 Å². The van der Waals surface area contributed by atoms with Crippen molar-refractivity contribution in [2.24, 2.45) is 0 Å². The molecule has 0 aliphatic rings. The molecule has 2 N–H and O–H groups in total. The van der Waals surface area contributed by atoms with Gasteiger partial charge in [-0.15, -0.1) is 0 Å². The fourth-order valence-corrected chi connectivity index (χ4v) is 2.64. The Bertz CT molecular complexity index is 839. The number of aromatic amines is 1. The smallest absolute Gasteiger partial charge is 0.336 e. The number of aromatic carboxylic acids is 1. The fraction of sp³-hybridized carbons (Fsp3) is 0.125. The van der Waals surface area contributed by atoms with Crippen LogP contribution in [0, 0.1) is 6.92 Å². The van der Waals surface area contributed by atoms with Gasteiger partial charge in [0.2, 0.25) is 0 Å². The maximum atomic E-state index is 11.2. The van der Waals surface area contributed by atoms with Gasteiger partial charge in [-0.3, -0.25) is 4.98 Å². The first-order valence-corrected chi connectivity index (χ1v) is 6.87. The van der Waals surface area contributed by atoms with Crippen LogP contribution in [0.5, 0.6) is 0 Å². The average Bonchev–Trinajstić information content (AvgIpc) is 2.82. The molecule has 0 aliphatic heterocycles. The third-order valence-electron chi connectivity index (χ3n) is 3.61. The number of fused-ring (bicyclic) bond motifs is 1. The van der Waals surface area contributed by atoms with Crippen molar-refractivity contribution in [3.63, 3.8) is 0 Å². The van der Waals surface area contributed by atoms with Crippen molar-refractivity contribution in [2.45, 2.75) is 13.3 Å². The van der Waals surface area contributed by atoms with Crippen molar-refractivity contribution in [3.05, 3.63) is 64.1 Å². The summed E-state index contributed by atoms with van der Waals surface area (Å²) in [5.41, 5.74) is 3.78. The Balaban J connectivity index is 2.00. The third-order valence-corrected chi connectivity index (χ3v) is 3.92. The number of rotatable bonds is 3. The van der Waals surface area contributed by atoms with Crippen LogP contribution in [0.15, 0.2) is 36.7 Å². The van der Waals surface area contributed by atoms with Gasteiger partial charge in [0.15, 0.2) is 0 Å². The monoisotopic (exact) mass is 300 g/mol. The summed E-state index contributed by atoms with van der Waals surface area (Å²) >= 11 is 6.12. The van der Waals surface area contributed by atoms with Gasteiger partial charge in [0.1, 0.15) is 0 Å². The van der Waals surface area contributed by atoms with E-state index in [9.17, 15) is 4.79 Å². The van der Waals surface area contributed by atoms with Crippen LogP contribution < -0.4 is 0 Å². The number of halogens is 1. The molecule has 2 heterocycles. The Hall–Kier alpha value is -2.33. The summed E-state index contributed by atoms with van der Waals surface area (Å²) in [4.78, 5) is 18.6. The molecule has 3 rings (SSSR count). The molecule has 21 heavy (non-hydrogen) atoms. The number of carboxylic acids is 1. The van der Waals surface area contributed by atoms with E-state index >= 15 is 0 Å². The minimum Gasteiger partial charge on any atom is -0.478 e. The molecule has 0 aliphatic carbocycles. The van der Waals surface area contributed by atoms with Gasteiger partial charge in [-0.05, 0) is 36.2 Å². The minimum atomic E-state index is -0.930. The summed E-state index contributed by atoms with van der Waals surface area (Å²) in [7, 11) is 0. The number of carbonyl (C=O) groups is 1. The second-order valence-electron chi connectivity index (χ2n) is 4.93. The third kappa shape index (κ3) is 2.50. The molecule has 0 fully saturated rings. The molecule has 0 unspecified atom stereocenters. The van der Waals surface area contributed by atoms with Crippen molar-refractivity contribution < 1.29 is 9.90 Å². The molecule has 2 aromatic heterocycles. The molecule has 106 valence electrons. The molecule has 3 aromatic rings. The summed E-state index contributed by atoms with van der Waals surface area (Å²) in [6.07, 6.45) is 3.86. The predicted octanol–water partition coefficient (Wildman–Crippen LogP) is 3.81. The lowest BCUT2D eigenvalue weighted by Gasteiger charge is -2.08. The molecular formula is C16H13ClN2O2. The van der Waals surface area contributed by atoms with Crippen LogP contribution in [0.3, 0.4) is 0 Å². The molecule has 0 spiro atoms. The van der Waals surface area contributed by atoms with Gasteiger partial charge in [0.25, 0.3) is 0 Å². The maximum Gasteiger partial charge on any atom is 0.336 e. The van der Waals surface area contributed by atoms with Gasteiger partial charge in [-0.2, -0.15) is 0 Å². The van der Waals surface area contributed by atoms with Crippen LogP contribution >= 0.6 is 11.6 Å². The van der Waals surface area contributed by atoms with E-state index in [2.05, 4.69) is 9.97 Å². The Morgan fingerprint density at radius 3 is 2.95 bits per heavy atom. The number of hydrogen-bond acceptors (Lipinski definition) is 2. The fourth-order valence-electron chi connectivity index (χ4n) is 2.43. The number of hydrogen-bond donors (Lipinski definition) is 2. The minimum absolute atomic E-state index is 0.292. The van der Waals surface area contributed by atoms with E-state index < -0.39 is 5.97 Å². The Labute approximate surface area is 126 Å². The second kappa shape index (κ2) is 5.22. The largest absolute Gasteiger partial charge is 0.478 e. The zero-order valence-corrected chi connectivity index (χ0v) is 12.1. The molecule has 0 bridgehead atoms. The lowest BCUT2D eigenvalue weighted by Crippen LogP contribution is -2.05. The maximum absolute atomic E-state index is 11.2. The van der Waals surface area contributed by atoms with Gasteiger partial charge in [-0.1, -0.05) is 17.7 Å². The van der Waals surface area contributed by atoms with Crippen molar-refractivity contribution >= 4 is 28.5 Å². The Morgan fingerprint density at radius 2 is 2.19 bits per heavy atom. The highest BCUT2D eigenvalue weighted by Crippen LogP contribution is 2.25. The van der Waals surface area contributed by atoms with Crippen molar-refractivity contribution in [1.82, 2.24) is 9.97 Å². The second-order valence-corrected chi connectivity index (χ2v) is 5.34. The first kappa shape index (κ1) is 13.6. The number of pyridine rings is 1. The summed E-state index contributed by atoms with van der Waals surface area (Å²) in [5.74, 6) is -0.930. The highest BCUT2D eigenvalue weighted by Gasteiger charge is 2.12. The molecule has 0 atom stereocenters. The highest BCUT2D eigenvalue weighted by molar-refractivity contribution is 6.35. The molecule has 5 heteroatoms. The number of aromatic nitrogens is 2. The van der Waals surface area contributed by atoms with E-state index in [4.69, 9.17) is 16.7 Å². The number of H-pyrrole nitrogens is 1. The number of carboxylic acid groups (broad SMARTS) is 1. The summed E-state index contributed by atoms with van der Waals surface area (Å²) < 4.78 is 0. The molecular weight excluding hydrogens is 288 g/mol. The van der Waals surface area contributed by atoms with E-state index in [1.165, 1.54) is 12.3 Å². The summed E-state index contributed by atoms with van der Waals surface area (Å²) in [5, 5.41) is 10.8. The van der Waals surface area contributed by atoms with Gasteiger partial charge >= 0.3 is 5.97 Å². The van der Waals surface area contributed by atoms with Crippen LogP contribution in [0.25, 0.3) is 10.9 Å². The molecule has 0 saturated heterocycles. The number of benzene rings is 1. The van der Waals surface area contributed by atoms with Crippen LogP contribution in [-0.4, -0.2) is 21.0 Å².